The summed E-state index contributed by atoms with van der Waals surface area (Å²) in [6, 6.07) is 17.7. The van der Waals surface area contributed by atoms with E-state index < -0.39 is 0 Å². The summed E-state index contributed by atoms with van der Waals surface area (Å²) < 4.78 is 6.16. The highest BCUT2D eigenvalue weighted by molar-refractivity contribution is 6.30. The molecule has 0 aliphatic carbocycles. The average molecular weight is 290 g/mol. The molecule has 0 aromatic heterocycles. The zero-order chi connectivity index (χ0) is 14.5. The maximum absolute atomic E-state index is 6.16. The molecule has 0 saturated carbocycles. The van der Waals surface area contributed by atoms with Gasteiger partial charge in [0.05, 0.1) is 12.2 Å². The van der Waals surface area contributed by atoms with Gasteiger partial charge in [0, 0.05) is 11.1 Å². The summed E-state index contributed by atoms with van der Waals surface area (Å²) in [6.07, 6.45) is -0.162. The van der Waals surface area contributed by atoms with E-state index in [1.54, 1.807) is 0 Å². The van der Waals surface area contributed by atoms with Crippen LogP contribution in [0, 0.1) is 0 Å². The van der Waals surface area contributed by atoms with Crippen LogP contribution in [0.25, 0.3) is 0 Å². The summed E-state index contributed by atoms with van der Waals surface area (Å²) in [5.41, 5.74) is 8.27. The van der Waals surface area contributed by atoms with Crippen molar-refractivity contribution in [2.75, 3.05) is 0 Å². The molecule has 0 spiro atoms. The van der Waals surface area contributed by atoms with E-state index in [0.717, 1.165) is 11.1 Å². The smallest absolute Gasteiger partial charge is 0.0981 e. The van der Waals surface area contributed by atoms with Gasteiger partial charge in [-0.2, -0.15) is 0 Å². The van der Waals surface area contributed by atoms with Crippen molar-refractivity contribution < 1.29 is 4.74 Å². The quantitative estimate of drug-likeness (QED) is 0.879. The van der Waals surface area contributed by atoms with Crippen molar-refractivity contribution >= 4 is 11.6 Å². The average Bonchev–Trinajstić information content (AvgIpc) is 2.46. The summed E-state index contributed by atoms with van der Waals surface area (Å²) in [5.74, 6) is 0. The molecular weight excluding hydrogens is 270 g/mol. The van der Waals surface area contributed by atoms with Crippen LogP contribution in [0.4, 0.5) is 0 Å². The molecule has 2 N–H and O–H groups in total. The van der Waals surface area contributed by atoms with Crippen molar-refractivity contribution in [3.8, 4) is 0 Å². The molecule has 2 rings (SSSR count). The molecule has 0 bridgehead atoms. The molecule has 2 nitrogen and oxygen atoms in total. The molecular formula is C17H20ClNO. The third kappa shape index (κ3) is 3.83. The Labute approximate surface area is 125 Å². The number of benzene rings is 2. The van der Waals surface area contributed by atoms with Gasteiger partial charge in [0.1, 0.15) is 0 Å². The topological polar surface area (TPSA) is 35.2 Å². The van der Waals surface area contributed by atoms with Crippen LogP contribution in [-0.4, -0.2) is 6.04 Å². The Morgan fingerprint density at radius 1 is 0.900 bits per heavy atom. The molecule has 0 fully saturated rings. The predicted octanol–water partition coefficient (Wildman–Crippen LogP) is 4.51. The van der Waals surface area contributed by atoms with Crippen LogP contribution in [0.15, 0.2) is 54.6 Å². The van der Waals surface area contributed by atoms with Crippen molar-refractivity contribution in [3.05, 3.63) is 70.7 Å². The van der Waals surface area contributed by atoms with Crippen LogP contribution in [0.5, 0.6) is 0 Å². The lowest BCUT2D eigenvalue weighted by atomic mass is 10.0. The number of hydrogen-bond donors (Lipinski definition) is 1. The Kier molecular flexibility index (Phi) is 5.18. The number of halogens is 1. The molecule has 0 amide bonds. The van der Waals surface area contributed by atoms with Gasteiger partial charge in [-0.3, -0.25) is 0 Å². The van der Waals surface area contributed by atoms with Gasteiger partial charge in [0.15, 0.2) is 0 Å². The first kappa shape index (κ1) is 15.0. The molecule has 2 aromatic carbocycles. The van der Waals surface area contributed by atoms with E-state index >= 15 is 0 Å². The van der Waals surface area contributed by atoms with Crippen molar-refractivity contribution in [1.29, 1.82) is 0 Å². The fourth-order valence-corrected chi connectivity index (χ4v) is 2.31. The van der Waals surface area contributed by atoms with Crippen LogP contribution in [0.2, 0.25) is 5.02 Å². The van der Waals surface area contributed by atoms with Crippen LogP contribution < -0.4 is 5.73 Å². The largest absolute Gasteiger partial charge is 0.364 e. The van der Waals surface area contributed by atoms with Gasteiger partial charge < -0.3 is 10.5 Å². The lowest BCUT2D eigenvalue weighted by Gasteiger charge is -2.26. The molecule has 0 radical (unpaired) electrons. The third-order valence-corrected chi connectivity index (χ3v) is 3.55. The second-order valence-corrected chi connectivity index (χ2v) is 5.46. The van der Waals surface area contributed by atoms with Gasteiger partial charge in [-0.15, -0.1) is 0 Å². The summed E-state index contributed by atoms with van der Waals surface area (Å²) in [7, 11) is 0. The fraction of sp³-hybridized carbons (Fsp3) is 0.294. The molecule has 0 aliphatic heterocycles. The lowest BCUT2D eigenvalue weighted by molar-refractivity contribution is -0.0162. The maximum Gasteiger partial charge on any atom is 0.0981 e. The van der Waals surface area contributed by atoms with E-state index in [1.807, 2.05) is 56.3 Å². The first-order valence-corrected chi connectivity index (χ1v) is 7.17. The summed E-state index contributed by atoms with van der Waals surface area (Å²) in [6.45, 7) is 4.00. The highest BCUT2D eigenvalue weighted by atomic mass is 35.5. The second kappa shape index (κ2) is 6.89. The van der Waals surface area contributed by atoms with Gasteiger partial charge in [0.25, 0.3) is 0 Å². The first-order chi connectivity index (χ1) is 9.58. The standard InChI is InChI=1S/C17H20ClNO/c1-12(19)17(15-8-10-16(18)11-9-15)20-13(2)14-6-4-3-5-7-14/h3-13,17H,19H2,1-2H3. The summed E-state index contributed by atoms with van der Waals surface area (Å²) >= 11 is 5.93. The van der Waals surface area contributed by atoms with Gasteiger partial charge in [-0.25, -0.2) is 0 Å². The minimum atomic E-state index is -0.150. The Morgan fingerprint density at radius 2 is 1.50 bits per heavy atom. The number of nitrogens with two attached hydrogens (primary N) is 1. The summed E-state index contributed by atoms with van der Waals surface area (Å²) in [4.78, 5) is 0. The zero-order valence-corrected chi connectivity index (χ0v) is 12.5. The molecule has 0 saturated heterocycles. The van der Waals surface area contributed by atoms with Crippen molar-refractivity contribution in [1.82, 2.24) is 0 Å². The minimum Gasteiger partial charge on any atom is -0.364 e. The molecule has 3 heteroatoms. The Bertz CT molecular complexity index is 524. The number of ether oxygens (including phenoxy) is 1. The van der Waals surface area contributed by atoms with E-state index in [2.05, 4.69) is 12.1 Å². The van der Waals surface area contributed by atoms with Crippen molar-refractivity contribution in [2.45, 2.75) is 32.1 Å². The molecule has 106 valence electrons. The molecule has 0 heterocycles. The molecule has 2 aromatic rings. The van der Waals surface area contributed by atoms with Crippen LogP contribution in [-0.2, 0) is 4.74 Å². The van der Waals surface area contributed by atoms with Crippen molar-refractivity contribution in [2.24, 2.45) is 5.73 Å². The van der Waals surface area contributed by atoms with E-state index in [4.69, 9.17) is 22.1 Å². The monoisotopic (exact) mass is 289 g/mol. The highest BCUT2D eigenvalue weighted by Crippen LogP contribution is 2.29. The minimum absolute atomic E-state index is 0.0112. The Morgan fingerprint density at radius 3 is 2.05 bits per heavy atom. The van der Waals surface area contributed by atoms with Gasteiger partial charge in [-0.05, 0) is 37.1 Å². The number of rotatable bonds is 5. The Hall–Kier alpha value is -1.35. The van der Waals surface area contributed by atoms with Gasteiger partial charge in [-0.1, -0.05) is 54.1 Å². The third-order valence-electron chi connectivity index (χ3n) is 3.30. The van der Waals surface area contributed by atoms with Crippen LogP contribution >= 0.6 is 11.6 Å². The summed E-state index contributed by atoms with van der Waals surface area (Å²) in [5, 5.41) is 0.716. The lowest BCUT2D eigenvalue weighted by Crippen LogP contribution is -2.27. The fourth-order valence-electron chi connectivity index (χ4n) is 2.18. The highest BCUT2D eigenvalue weighted by Gasteiger charge is 2.20. The van der Waals surface area contributed by atoms with Crippen LogP contribution in [0.1, 0.15) is 37.2 Å². The molecule has 20 heavy (non-hydrogen) atoms. The molecule has 0 aliphatic rings. The van der Waals surface area contributed by atoms with E-state index in [1.165, 1.54) is 0 Å². The predicted molar refractivity (Wildman–Crippen MR) is 83.8 cm³/mol. The van der Waals surface area contributed by atoms with Gasteiger partial charge >= 0.3 is 0 Å². The molecule has 3 atom stereocenters. The number of hydrogen-bond acceptors (Lipinski definition) is 2. The SMILES string of the molecule is CC(OC(c1ccc(Cl)cc1)C(C)N)c1ccccc1. The first-order valence-electron chi connectivity index (χ1n) is 6.79. The van der Waals surface area contributed by atoms with E-state index in [0.29, 0.717) is 5.02 Å². The van der Waals surface area contributed by atoms with Crippen molar-refractivity contribution in [3.63, 3.8) is 0 Å². The zero-order valence-electron chi connectivity index (χ0n) is 11.8. The second-order valence-electron chi connectivity index (χ2n) is 5.02. The normalized spacial score (nSPS) is 15.6. The Balaban J connectivity index is 2.16. The maximum atomic E-state index is 6.16. The van der Waals surface area contributed by atoms with Crippen LogP contribution in [0.3, 0.4) is 0 Å². The van der Waals surface area contributed by atoms with E-state index in [9.17, 15) is 0 Å². The van der Waals surface area contributed by atoms with Gasteiger partial charge in [0.2, 0.25) is 0 Å². The van der Waals surface area contributed by atoms with E-state index in [-0.39, 0.29) is 18.2 Å². The molecule has 3 unspecified atom stereocenters.